The number of hydrogen-bond acceptors (Lipinski definition) is 7. The smallest absolute Gasteiger partial charge is 0.191 e. The molecule has 0 saturated heterocycles. The quantitative estimate of drug-likeness (QED) is 0.150. The average Bonchev–Trinajstić information content (AvgIpc) is 3.55. The third-order valence-electron chi connectivity index (χ3n) is 10.4. The van der Waals surface area contributed by atoms with Crippen molar-refractivity contribution in [3.63, 3.8) is 0 Å². The van der Waals surface area contributed by atoms with Gasteiger partial charge in [-0.1, -0.05) is 44.5 Å². The first-order valence-corrected chi connectivity index (χ1v) is 19.0. The molecule has 4 aromatic rings. The highest BCUT2D eigenvalue weighted by atomic mass is 35.5. The molecule has 1 aliphatic heterocycles. The van der Waals surface area contributed by atoms with Crippen molar-refractivity contribution in [2.45, 2.75) is 76.5 Å². The largest absolute Gasteiger partial charge is 0.417 e. The second-order valence-electron chi connectivity index (χ2n) is 14.3. The molecule has 3 N–H and O–H groups in total. The molecule has 238 valence electrons. The van der Waals surface area contributed by atoms with Crippen molar-refractivity contribution < 1.29 is 13.6 Å². The van der Waals surface area contributed by atoms with Crippen LogP contribution in [0.3, 0.4) is 0 Å². The molecule has 2 aromatic heterocycles. The molecular weight excluding hydrogens is 607 g/mol. The maximum Gasteiger partial charge on any atom is 0.191 e. The third kappa shape index (κ3) is 5.88. The molecule has 0 radical (unpaired) electrons. The van der Waals surface area contributed by atoms with Crippen molar-refractivity contribution in [1.29, 1.82) is 0 Å². The van der Waals surface area contributed by atoms with E-state index in [-0.39, 0.29) is 22.6 Å². The fraction of sp³-hybridized carbons (Fsp3) is 0.471. The Labute approximate surface area is 270 Å². The van der Waals surface area contributed by atoms with Gasteiger partial charge in [0.2, 0.25) is 0 Å². The zero-order chi connectivity index (χ0) is 32.1. The Morgan fingerprint density at radius 3 is 2.60 bits per heavy atom. The van der Waals surface area contributed by atoms with Gasteiger partial charge in [-0.3, -0.25) is 4.68 Å². The van der Waals surface area contributed by atoms with Crippen LogP contribution < -0.4 is 11.1 Å². The summed E-state index contributed by atoms with van der Waals surface area (Å²) in [4.78, 5) is 22.5. The van der Waals surface area contributed by atoms with E-state index >= 15 is 0 Å². The number of nitrogens with one attached hydrogen (secondary N) is 1. The normalized spacial score (nSPS) is 21.9. The van der Waals surface area contributed by atoms with Crippen molar-refractivity contribution in [3.8, 4) is 11.5 Å². The molecule has 1 atom stereocenters. The lowest BCUT2D eigenvalue weighted by Crippen LogP contribution is -2.44. The summed E-state index contributed by atoms with van der Waals surface area (Å²) in [5, 5.41) is 9.78. The number of anilines is 2. The summed E-state index contributed by atoms with van der Waals surface area (Å²) < 4.78 is 22.2. The number of aromatic nitrogens is 4. The first kappa shape index (κ1) is 31.6. The zero-order valence-corrected chi connectivity index (χ0v) is 28.4. The highest BCUT2D eigenvalue weighted by Gasteiger charge is 2.49. The summed E-state index contributed by atoms with van der Waals surface area (Å²) >= 11 is 6.36. The van der Waals surface area contributed by atoms with Crippen LogP contribution in [0.2, 0.25) is 23.2 Å². The fourth-order valence-corrected chi connectivity index (χ4v) is 7.91. The van der Waals surface area contributed by atoms with E-state index in [1.165, 1.54) is 12.1 Å². The van der Waals surface area contributed by atoms with Crippen LogP contribution in [0.5, 0.6) is 0 Å². The molecule has 45 heavy (non-hydrogen) atoms. The molecule has 0 bridgehead atoms. The molecule has 0 amide bonds. The lowest BCUT2D eigenvalue weighted by Gasteiger charge is -2.40. The van der Waals surface area contributed by atoms with E-state index in [4.69, 9.17) is 36.8 Å². The molecule has 3 heterocycles. The summed E-state index contributed by atoms with van der Waals surface area (Å²) in [5.41, 5.74) is 8.67. The van der Waals surface area contributed by atoms with Crippen LogP contribution in [-0.4, -0.2) is 47.5 Å². The van der Waals surface area contributed by atoms with Crippen molar-refractivity contribution in [3.05, 3.63) is 64.4 Å². The molecule has 6 rings (SSSR count). The minimum atomic E-state index is -1.81. The number of halogens is 2. The Hall–Kier alpha value is -3.34. The predicted octanol–water partition coefficient (Wildman–Crippen LogP) is 7.61. The van der Waals surface area contributed by atoms with Crippen LogP contribution in [0, 0.1) is 17.7 Å². The molecule has 1 aliphatic carbocycles. The van der Waals surface area contributed by atoms with E-state index in [1.54, 1.807) is 16.8 Å². The van der Waals surface area contributed by atoms with Gasteiger partial charge in [0.25, 0.3) is 0 Å². The van der Waals surface area contributed by atoms with Crippen LogP contribution in [0.1, 0.15) is 57.6 Å². The van der Waals surface area contributed by atoms with Crippen molar-refractivity contribution >= 4 is 48.7 Å². The van der Waals surface area contributed by atoms with Crippen molar-refractivity contribution in [2.24, 2.45) is 11.8 Å². The van der Waals surface area contributed by atoms with Crippen LogP contribution in [0.15, 0.2) is 42.5 Å². The predicted molar refractivity (Wildman–Crippen MR) is 181 cm³/mol. The molecule has 0 spiro atoms. The number of hydrogen-bond donors (Lipinski definition) is 2. The van der Waals surface area contributed by atoms with Gasteiger partial charge in [0.05, 0.1) is 23.0 Å². The maximum atomic E-state index is 13.9. The molecule has 8 nitrogen and oxygen atoms in total. The molecule has 1 fully saturated rings. The van der Waals surface area contributed by atoms with E-state index in [9.17, 15) is 9.18 Å². The van der Waals surface area contributed by atoms with E-state index in [1.807, 2.05) is 18.2 Å². The van der Waals surface area contributed by atoms with E-state index in [2.05, 4.69) is 39.2 Å². The molecule has 2 aliphatic rings. The third-order valence-corrected chi connectivity index (χ3v) is 15.1. The second kappa shape index (κ2) is 11.8. The molecular formula is C34H42ClFN6O2Si. The van der Waals surface area contributed by atoms with Crippen molar-refractivity contribution in [2.75, 3.05) is 24.2 Å². The minimum absolute atomic E-state index is 0.137. The van der Waals surface area contributed by atoms with Gasteiger partial charge in [-0.25, -0.2) is 14.4 Å². The van der Waals surface area contributed by atoms with E-state index in [0.717, 1.165) is 55.0 Å². The molecule has 1 unspecified atom stereocenters. The first-order valence-electron chi connectivity index (χ1n) is 15.7. The van der Waals surface area contributed by atoms with Gasteiger partial charge in [-0.2, -0.15) is 5.10 Å². The number of carbonyl (C=O) groups excluding carboxylic acids is 1. The van der Waals surface area contributed by atoms with Crippen molar-refractivity contribution in [1.82, 2.24) is 19.7 Å². The Balaban J connectivity index is 1.27. The summed E-state index contributed by atoms with van der Waals surface area (Å²) in [6.45, 7) is 13.0. The van der Waals surface area contributed by atoms with Crippen LogP contribution >= 0.6 is 11.6 Å². The standard InChI is InChI=1S/C34H42ClFN6O2Si/c1-33(2,3)45(4,5)44-18-21-9-11-23(12-10-21)34(20-43)19-38-31-28(34)30(37)39-32(40-31)29-26-14-13-24(35)16-27(26)42(41-29)17-22-7-6-8-25(36)15-22/h6-8,13-16,20-21,23H,9-12,17-19H2,1-5H3,(H3,37,38,39,40). The average molecular weight is 649 g/mol. The topological polar surface area (TPSA) is 108 Å². The van der Waals surface area contributed by atoms with Gasteiger partial charge in [-0.05, 0) is 91.5 Å². The summed E-state index contributed by atoms with van der Waals surface area (Å²) in [6, 6.07) is 11.9. The highest BCUT2D eigenvalue weighted by Crippen LogP contribution is 2.49. The van der Waals surface area contributed by atoms with Crippen LogP contribution in [0.25, 0.3) is 22.4 Å². The number of nitrogens with zero attached hydrogens (tertiary/aromatic N) is 4. The fourth-order valence-electron chi connectivity index (χ4n) is 6.66. The van der Waals surface area contributed by atoms with Gasteiger partial charge in [0.15, 0.2) is 14.1 Å². The number of nitrogens with two attached hydrogens (primary N) is 1. The summed E-state index contributed by atoms with van der Waals surface area (Å²) in [5.74, 6) is 1.55. The summed E-state index contributed by atoms with van der Waals surface area (Å²) in [6.07, 6.45) is 4.93. The maximum absolute atomic E-state index is 13.9. The Morgan fingerprint density at radius 1 is 1.16 bits per heavy atom. The van der Waals surface area contributed by atoms with E-state index < -0.39 is 13.7 Å². The van der Waals surface area contributed by atoms with E-state index in [0.29, 0.717) is 46.9 Å². The van der Waals surface area contributed by atoms with Crippen LogP contribution in [-0.2, 0) is 21.2 Å². The lowest BCUT2D eigenvalue weighted by molar-refractivity contribution is -0.114. The van der Waals surface area contributed by atoms with Gasteiger partial charge < -0.3 is 20.3 Å². The van der Waals surface area contributed by atoms with Gasteiger partial charge in [0.1, 0.15) is 29.4 Å². The van der Waals surface area contributed by atoms with Gasteiger partial charge in [-0.15, -0.1) is 0 Å². The number of fused-ring (bicyclic) bond motifs is 2. The molecule has 2 aromatic carbocycles. The lowest BCUT2D eigenvalue weighted by atomic mass is 9.65. The Morgan fingerprint density at radius 2 is 1.91 bits per heavy atom. The Kier molecular flexibility index (Phi) is 8.28. The highest BCUT2D eigenvalue weighted by molar-refractivity contribution is 6.74. The first-order chi connectivity index (χ1) is 21.3. The van der Waals surface area contributed by atoms with Crippen LogP contribution in [0.4, 0.5) is 16.0 Å². The van der Waals surface area contributed by atoms with Gasteiger partial charge in [0, 0.05) is 23.6 Å². The zero-order valence-electron chi connectivity index (χ0n) is 26.7. The summed E-state index contributed by atoms with van der Waals surface area (Å²) in [7, 11) is -1.81. The second-order valence-corrected chi connectivity index (χ2v) is 19.5. The SMILES string of the molecule is CC(C)(C)[Si](C)(C)OCC1CCC(C2(C=O)CNc3nc(-c4nn(Cc5cccc(F)c5)c5cc(Cl)ccc45)nc(N)c32)CC1. The van der Waals surface area contributed by atoms with Gasteiger partial charge >= 0.3 is 0 Å². The number of aldehydes is 1. The Bertz CT molecular complexity index is 1750. The number of benzene rings is 2. The molecule has 1 saturated carbocycles. The number of rotatable bonds is 8. The molecule has 11 heteroatoms. The minimum Gasteiger partial charge on any atom is -0.417 e. The number of nitrogen functional groups attached to an aromatic ring is 1. The number of carbonyl (C=O) groups is 1. The monoisotopic (exact) mass is 648 g/mol.